The quantitative estimate of drug-likeness (QED) is 0.642. The molecule has 7 heteroatoms. The Morgan fingerprint density at radius 1 is 1.38 bits per heavy atom. The standard InChI is InChI=1S/C14H14BrClN4O/c1-20(2)12-4-3-8(5-11(12)17)14(21)19-9-6-10(15)13(16)18-7-9/h3-7H,17H2,1-2H3,(H,19,21). The largest absolute Gasteiger partial charge is 0.397 e. The number of anilines is 3. The molecule has 0 bridgehead atoms. The van der Waals surface area contributed by atoms with E-state index in [-0.39, 0.29) is 5.91 Å². The van der Waals surface area contributed by atoms with Gasteiger partial charge in [0.25, 0.3) is 5.91 Å². The average Bonchev–Trinajstić information content (AvgIpc) is 2.42. The number of nitrogens with two attached hydrogens (primary N) is 1. The van der Waals surface area contributed by atoms with Gasteiger partial charge in [-0.15, -0.1) is 0 Å². The van der Waals surface area contributed by atoms with Crippen LogP contribution in [0.25, 0.3) is 0 Å². The molecule has 0 unspecified atom stereocenters. The van der Waals surface area contributed by atoms with E-state index in [4.69, 9.17) is 17.3 Å². The molecule has 2 rings (SSSR count). The SMILES string of the molecule is CN(C)c1ccc(C(=O)Nc2cnc(Cl)c(Br)c2)cc1N. The minimum absolute atomic E-state index is 0.261. The molecule has 1 amide bonds. The van der Waals surface area contributed by atoms with Gasteiger partial charge in [0.1, 0.15) is 5.15 Å². The molecule has 2 aromatic rings. The van der Waals surface area contributed by atoms with E-state index in [0.29, 0.717) is 26.6 Å². The van der Waals surface area contributed by atoms with Gasteiger partial charge in [0.2, 0.25) is 0 Å². The summed E-state index contributed by atoms with van der Waals surface area (Å²) in [6.07, 6.45) is 1.49. The molecule has 3 N–H and O–H groups in total. The summed E-state index contributed by atoms with van der Waals surface area (Å²) in [5, 5.41) is 3.08. The van der Waals surface area contributed by atoms with Gasteiger partial charge < -0.3 is 16.0 Å². The summed E-state index contributed by atoms with van der Waals surface area (Å²) in [5.41, 5.74) is 8.37. The van der Waals surface area contributed by atoms with Crippen LogP contribution in [0.15, 0.2) is 34.9 Å². The van der Waals surface area contributed by atoms with E-state index in [2.05, 4.69) is 26.2 Å². The van der Waals surface area contributed by atoms with Crippen molar-refractivity contribution in [2.45, 2.75) is 0 Å². The van der Waals surface area contributed by atoms with Gasteiger partial charge in [0, 0.05) is 19.7 Å². The third kappa shape index (κ3) is 3.65. The van der Waals surface area contributed by atoms with Gasteiger partial charge in [0.05, 0.1) is 27.7 Å². The highest BCUT2D eigenvalue weighted by atomic mass is 79.9. The minimum Gasteiger partial charge on any atom is -0.397 e. The molecule has 1 heterocycles. The number of amides is 1. The van der Waals surface area contributed by atoms with E-state index >= 15 is 0 Å². The van der Waals surface area contributed by atoms with Crippen LogP contribution in [0, 0.1) is 0 Å². The normalized spacial score (nSPS) is 10.3. The Morgan fingerprint density at radius 2 is 2.10 bits per heavy atom. The van der Waals surface area contributed by atoms with E-state index in [1.807, 2.05) is 19.0 Å². The maximum atomic E-state index is 12.2. The van der Waals surface area contributed by atoms with Gasteiger partial charge in [-0.1, -0.05) is 11.6 Å². The molecule has 0 aliphatic rings. The molecule has 0 spiro atoms. The Bertz CT molecular complexity index is 691. The van der Waals surface area contributed by atoms with Crippen molar-refractivity contribution in [3.05, 3.63) is 45.7 Å². The Kier molecular flexibility index (Phi) is 4.69. The van der Waals surface area contributed by atoms with Crippen LogP contribution in [0.2, 0.25) is 5.15 Å². The third-order valence-electron chi connectivity index (χ3n) is 2.83. The van der Waals surface area contributed by atoms with Gasteiger partial charge in [0.15, 0.2) is 0 Å². The van der Waals surface area contributed by atoms with Gasteiger partial charge in [-0.25, -0.2) is 4.98 Å². The van der Waals surface area contributed by atoms with Crippen LogP contribution >= 0.6 is 27.5 Å². The zero-order valence-corrected chi connectivity index (χ0v) is 13.9. The van der Waals surface area contributed by atoms with E-state index in [0.717, 1.165) is 5.69 Å². The van der Waals surface area contributed by atoms with Crippen molar-refractivity contribution in [3.8, 4) is 0 Å². The monoisotopic (exact) mass is 368 g/mol. The van der Waals surface area contributed by atoms with Crippen molar-refractivity contribution in [2.75, 3.05) is 30.0 Å². The fraction of sp³-hybridized carbons (Fsp3) is 0.143. The van der Waals surface area contributed by atoms with Crippen LogP contribution in [0.5, 0.6) is 0 Å². The molecule has 0 aliphatic heterocycles. The number of nitrogens with one attached hydrogen (secondary N) is 1. The second-order valence-corrected chi connectivity index (χ2v) is 5.83. The van der Waals surface area contributed by atoms with Gasteiger partial charge in [-0.2, -0.15) is 0 Å². The van der Waals surface area contributed by atoms with Crippen molar-refractivity contribution in [2.24, 2.45) is 0 Å². The number of pyridine rings is 1. The highest BCUT2D eigenvalue weighted by Gasteiger charge is 2.10. The molecule has 0 fully saturated rings. The summed E-state index contributed by atoms with van der Waals surface area (Å²) < 4.78 is 0.615. The first-order valence-corrected chi connectivity index (χ1v) is 7.25. The highest BCUT2D eigenvalue weighted by molar-refractivity contribution is 9.10. The summed E-state index contributed by atoms with van der Waals surface area (Å²) in [6.45, 7) is 0. The lowest BCUT2D eigenvalue weighted by atomic mass is 10.1. The first kappa shape index (κ1) is 15.6. The third-order valence-corrected chi connectivity index (χ3v) is 3.96. The molecular weight excluding hydrogens is 356 g/mol. The average molecular weight is 370 g/mol. The number of nitrogens with zero attached hydrogens (tertiary/aromatic N) is 2. The maximum absolute atomic E-state index is 12.2. The molecule has 110 valence electrons. The maximum Gasteiger partial charge on any atom is 0.255 e. The van der Waals surface area contributed by atoms with Crippen LogP contribution < -0.4 is 16.0 Å². The fourth-order valence-corrected chi connectivity index (χ4v) is 2.25. The fourth-order valence-electron chi connectivity index (χ4n) is 1.80. The smallest absolute Gasteiger partial charge is 0.255 e. The number of halogens is 2. The molecular formula is C14H14BrClN4O. The molecule has 0 atom stereocenters. The number of aromatic nitrogens is 1. The van der Waals surface area contributed by atoms with Gasteiger partial charge in [-0.05, 0) is 40.2 Å². The van der Waals surface area contributed by atoms with E-state index in [1.54, 1.807) is 24.3 Å². The first-order chi connectivity index (χ1) is 9.88. The van der Waals surface area contributed by atoms with Gasteiger partial charge >= 0.3 is 0 Å². The van der Waals surface area contributed by atoms with E-state index in [9.17, 15) is 4.79 Å². The van der Waals surface area contributed by atoms with E-state index in [1.165, 1.54) is 6.20 Å². The molecule has 5 nitrogen and oxygen atoms in total. The predicted molar refractivity (Wildman–Crippen MR) is 90.1 cm³/mol. The number of benzene rings is 1. The minimum atomic E-state index is -0.261. The van der Waals surface area contributed by atoms with Crippen LogP contribution in [-0.4, -0.2) is 25.0 Å². The lowest BCUT2D eigenvalue weighted by molar-refractivity contribution is 0.102. The molecule has 0 aliphatic carbocycles. The zero-order valence-electron chi connectivity index (χ0n) is 11.5. The van der Waals surface area contributed by atoms with Crippen molar-refractivity contribution in [1.29, 1.82) is 0 Å². The van der Waals surface area contributed by atoms with Crippen molar-refractivity contribution in [1.82, 2.24) is 4.98 Å². The van der Waals surface area contributed by atoms with Crippen molar-refractivity contribution < 1.29 is 4.79 Å². The van der Waals surface area contributed by atoms with Crippen LogP contribution in [0.1, 0.15) is 10.4 Å². The summed E-state index contributed by atoms with van der Waals surface area (Å²) in [6, 6.07) is 6.85. The Labute approximate surface area is 136 Å². The molecule has 0 saturated heterocycles. The molecule has 0 radical (unpaired) electrons. The van der Waals surface area contributed by atoms with Crippen LogP contribution in [-0.2, 0) is 0 Å². The van der Waals surface area contributed by atoms with Gasteiger partial charge in [-0.3, -0.25) is 4.79 Å². The van der Waals surface area contributed by atoms with Crippen molar-refractivity contribution in [3.63, 3.8) is 0 Å². The number of nitrogen functional groups attached to an aromatic ring is 1. The lowest BCUT2D eigenvalue weighted by Gasteiger charge is -2.16. The predicted octanol–water partition coefficient (Wildman–Crippen LogP) is 3.40. The highest BCUT2D eigenvalue weighted by Crippen LogP contribution is 2.25. The Hall–Kier alpha value is -1.79. The molecule has 21 heavy (non-hydrogen) atoms. The number of carbonyl (C=O) groups is 1. The van der Waals surface area contributed by atoms with Crippen LogP contribution in [0.4, 0.5) is 17.1 Å². The number of hydrogen-bond donors (Lipinski definition) is 2. The number of rotatable bonds is 3. The van der Waals surface area contributed by atoms with E-state index < -0.39 is 0 Å². The summed E-state index contributed by atoms with van der Waals surface area (Å²) in [7, 11) is 3.78. The number of hydrogen-bond acceptors (Lipinski definition) is 4. The van der Waals surface area contributed by atoms with Crippen molar-refractivity contribution >= 4 is 50.5 Å². The number of carbonyl (C=O) groups excluding carboxylic acids is 1. The Balaban J connectivity index is 2.20. The molecule has 1 aromatic carbocycles. The second-order valence-electron chi connectivity index (χ2n) is 4.62. The zero-order chi connectivity index (χ0) is 15.6. The Morgan fingerprint density at radius 3 is 2.67 bits per heavy atom. The van der Waals surface area contributed by atoms with Crippen LogP contribution in [0.3, 0.4) is 0 Å². The lowest BCUT2D eigenvalue weighted by Crippen LogP contribution is -2.15. The second kappa shape index (κ2) is 6.32. The summed E-state index contributed by atoms with van der Waals surface area (Å²) >= 11 is 9.07. The first-order valence-electron chi connectivity index (χ1n) is 6.07. The summed E-state index contributed by atoms with van der Waals surface area (Å²) in [5.74, 6) is -0.261. The molecule has 1 aromatic heterocycles. The topological polar surface area (TPSA) is 71.2 Å². The summed E-state index contributed by atoms with van der Waals surface area (Å²) in [4.78, 5) is 18.0. The molecule has 0 saturated carbocycles.